The van der Waals surface area contributed by atoms with Crippen LogP contribution in [0.25, 0.3) is 60.1 Å². The van der Waals surface area contributed by atoms with Crippen LogP contribution in [-0.4, -0.2) is 0 Å². The zero-order valence-electron chi connectivity index (χ0n) is 20.3. The highest BCUT2D eigenvalue weighted by Gasteiger charge is 2.16. The summed E-state index contributed by atoms with van der Waals surface area (Å²) in [5.41, 5.74) is 13.0. The summed E-state index contributed by atoms with van der Waals surface area (Å²) in [6.07, 6.45) is 5.50. The predicted molar refractivity (Wildman–Crippen MR) is 157 cm³/mol. The van der Waals surface area contributed by atoms with E-state index in [-0.39, 0.29) is 0 Å². The van der Waals surface area contributed by atoms with Crippen LogP contribution in [0.5, 0.6) is 0 Å². The lowest BCUT2D eigenvalue weighted by Crippen LogP contribution is -1.91. The first-order valence-corrected chi connectivity index (χ1v) is 12.3. The van der Waals surface area contributed by atoms with Crippen molar-refractivity contribution in [3.63, 3.8) is 0 Å². The maximum atomic E-state index is 5.57. The van der Waals surface area contributed by atoms with E-state index in [2.05, 4.69) is 128 Å². The van der Waals surface area contributed by atoms with Gasteiger partial charge in [0.05, 0.1) is 0 Å². The van der Waals surface area contributed by atoms with Gasteiger partial charge in [-0.3, -0.25) is 0 Å². The van der Waals surface area contributed by atoms with Gasteiger partial charge in [0.15, 0.2) is 0 Å². The van der Waals surface area contributed by atoms with E-state index < -0.39 is 0 Å². The minimum Gasteiger partial charge on any atom is -0.405 e. The molecule has 0 aromatic heterocycles. The van der Waals surface area contributed by atoms with Crippen molar-refractivity contribution in [3.05, 3.63) is 139 Å². The van der Waals surface area contributed by atoms with Gasteiger partial charge < -0.3 is 5.73 Å². The summed E-state index contributed by atoms with van der Waals surface area (Å²) in [4.78, 5) is 0. The Labute approximate surface area is 211 Å². The van der Waals surface area contributed by atoms with E-state index in [0.717, 1.165) is 0 Å². The largest absolute Gasteiger partial charge is 0.405 e. The normalized spacial score (nSPS) is 12.2. The van der Waals surface area contributed by atoms with E-state index in [9.17, 15) is 0 Å². The van der Waals surface area contributed by atoms with Crippen LogP contribution in [0.15, 0.2) is 134 Å². The summed E-state index contributed by atoms with van der Waals surface area (Å²) in [5.74, 6) is 0. The van der Waals surface area contributed by atoms with E-state index in [4.69, 9.17) is 5.73 Å². The monoisotopic (exact) mass is 461 g/mol. The fourth-order valence-corrected chi connectivity index (χ4v) is 5.31. The quantitative estimate of drug-likeness (QED) is 0.205. The molecule has 0 amide bonds. The van der Waals surface area contributed by atoms with Crippen molar-refractivity contribution >= 4 is 37.9 Å². The molecule has 1 nitrogen and oxygen atoms in total. The van der Waals surface area contributed by atoms with Crippen LogP contribution < -0.4 is 5.73 Å². The smallest absolute Gasteiger partial charge is 0.00262 e. The van der Waals surface area contributed by atoms with Gasteiger partial charge in [-0.25, -0.2) is 0 Å². The minimum atomic E-state index is 1.18. The zero-order valence-corrected chi connectivity index (χ0v) is 20.3. The molecule has 172 valence electrons. The SMILES string of the molecule is C/C(=C\C=C/N)c1cccc(-c2c3ccccc3c(-c3ccc4ccccc4c3)c3ccccc23)c1. The zero-order chi connectivity index (χ0) is 24.5. The Bertz CT molecular complexity index is 1750. The Kier molecular flexibility index (Phi) is 5.59. The Hall–Kier alpha value is -4.62. The fraction of sp³-hybridized carbons (Fsp3) is 0.0286. The topological polar surface area (TPSA) is 26.0 Å². The second-order valence-corrected chi connectivity index (χ2v) is 9.22. The molecule has 2 N–H and O–H groups in total. The summed E-state index contributed by atoms with van der Waals surface area (Å²) in [6.45, 7) is 2.12. The molecule has 36 heavy (non-hydrogen) atoms. The third-order valence-corrected chi connectivity index (χ3v) is 7.03. The number of hydrogen-bond acceptors (Lipinski definition) is 1. The lowest BCUT2D eigenvalue weighted by Gasteiger charge is -2.18. The van der Waals surface area contributed by atoms with Gasteiger partial charge in [0, 0.05) is 0 Å². The molecule has 0 heterocycles. The van der Waals surface area contributed by atoms with Gasteiger partial charge >= 0.3 is 0 Å². The standard InChI is InChI=1S/C35H27N/c1-24(10-9-21-36)26-13-8-14-28(22-26)34-30-15-4-6-17-32(30)35(33-18-7-5-16-31(33)34)29-20-19-25-11-2-3-12-27(25)23-29/h2-23H,36H2,1H3/b21-9-,24-10+. The maximum Gasteiger partial charge on any atom is -0.00262 e. The summed E-state index contributed by atoms with van der Waals surface area (Å²) in [5, 5.41) is 7.58. The molecule has 0 bridgehead atoms. The highest BCUT2D eigenvalue weighted by molar-refractivity contribution is 6.21. The van der Waals surface area contributed by atoms with Gasteiger partial charge in [-0.1, -0.05) is 109 Å². The van der Waals surface area contributed by atoms with Crippen molar-refractivity contribution in [2.45, 2.75) is 6.92 Å². The number of allylic oxidation sites excluding steroid dienone is 3. The summed E-state index contributed by atoms with van der Waals surface area (Å²) in [7, 11) is 0. The molecule has 0 fully saturated rings. The minimum absolute atomic E-state index is 1.18. The summed E-state index contributed by atoms with van der Waals surface area (Å²) < 4.78 is 0. The van der Waals surface area contributed by atoms with Crippen LogP contribution in [-0.2, 0) is 0 Å². The summed E-state index contributed by atoms with van der Waals surface area (Å²) in [6, 6.07) is 41.8. The molecule has 0 atom stereocenters. The van der Waals surface area contributed by atoms with Crippen LogP contribution in [0, 0.1) is 0 Å². The second-order valence-electron chi connectivity index (χ2n) is 9.22. The third-order valence-electron chi connectivity index (χ3n) is 7.03. The molecule has 6 rings (SSSR count). The molecule has 0 spiro atoms. The number of nitrogens with two attached hydrogens (primary N) is 1. The Morgan fingerprint density at radius 1 is 0.556 bits per heavy atom. The van der Waals surface area contributed by atoms with Crippen LogP contribution in [0.1, 0.15) is 12.5 Å². The molecule has 0 unspecified atom stereocenters. The van der Waals surface area contributed by atoms with Gasteiger partial charge in [0.1, 0.15) is 0 Å². The van der Waals surface area contributed by atoms with Crippen LogP contribution in [0.3, 0.4) is 0 Å². The van der Waals surface area contributed by atoms with Crippen molar-refractivity contribution in [1.82, 2.24) is 0 Å². The predicted octanol–water partition coefficient (Wildman–Crippen LogP) is 9.36. The van der Waals surface area contributed by atoms with Crippen molar-refractivity contribution < 1.29 is 0 Å². The van der Waals surface area contributed by atoms with E-state index in [0.29, 0.717) is 0 Å². The van der Waals surface area contributed by atoms with Crippen LogP contribution in [0.4, 0.5) is 0 Å². The van der Waals surface area contributed by atoms with Crippen molar-refractivity contribution in [3.8, 4) is 22.3 Å². The highest BCUT2D eigenvalue weighted by Crippen LogP contribution is 2.44. The lowest BCUT2D eigenvalue weighted by atomic mass is 9.85. The van der Waals surface area contributed by atoms with E-state index in [1.165, 1.54) is 65.7 Å². The van der Waals surface area contributed by atoms with Crippen LogP contribution in [0.2, 0.25) is 0 Å². The van der Waals surface area contributed by atoms with Gasteiger partial charge in [-0.2, -0.15) is 0 Å². The molecule has 0 saturated heterocycles. The first kappa shape index (κ1) is 21.9. The second kappa shape index (κ2) is 9.20. The summed E-state index contributed by atoms with van der Waals surface area (Å²) >= 11 is 0. The lowest BCUT2D eigenvalue weighted by molar-refractivity contribution is 1.55. The van der Waals surface area contributed by atoms with Crippen molar-refractivity contribution in [2.75, 3.05) is 0 Å². The molecular weight excluding hydrogens is 434 g/mol. The number of rotatable bonds is 4. The molecule has 0 saturated carbocycles. The number of fused-ring (bicyclic) bond motifs is 3. The maximum absolute atomic E-state index is 5.57. The molecule has 6 aromatic carbocycles. The van der Waals surface area contributed by atoms with E-state index in [1.54, 1.807) is 6.20 Å². The Morgan fingerprint density at radius 2 is 1.11 bits per heavy atom. The number of benzene rings is 6. The van der Waals surface area contributed by atoms with Crippen molar-refractivity contribution in [2.24, 2.45) is 5.73 Å². The van der Waals surface area contributed by atoms with E-state index >= 15 is 0 Å². The first-order chi connectivity index (χ1) is 17.7. The average molecular weight is 462 g/mol. The Morgan fingerprint density at radius 3 is 1.72 bits per heavy atom. The fourth-order valence-electron chi connectivity index (χ4n) is 5.31. The molecule has 1 heteroatoms. The van der Waals surface area contributed by atoms with Gasteiger partial charge in [0.25, 0.3) is 0 Å². The first-order valence-electron chi connectivity index (χ1n) is 12.3. The van der Waals surface area contributed by atoms with Gasteiger partial charge in [0.2, 0.25) is 0 Å². The Balaban J connectivity index is 1.68. The highest BCUT2D eigenvalue weighted by atomic mass is 14.5. The van der Waals surface area contributed by atoms with Gasteiger partial charge in [-0.15, -0.1) is 0 Å². The van der Waals surface area contributed by atoms with Crippen molar-refractivity contribution in [1.29, 1.82) is 0 Å². The molecule has 6 aromatic rings. The average Bonchev–Trinajstić information content (AvgIpc) is 2.94. The third kappa shape index (κ3) is 3.76. The molecule has 0 aliphatic carbocycles. The number of hydrogen-bond donors (Lipinski definition) is 1. The van der Waals surface area contributed by atoms with Gasteiger partial charge in [-0.05, 0) is 97.0 Å². The van der Waals surface area contributed by atoms with E-state index in [1.807, 2.05) is 6.08 Å². The van der Waals surface area contributed by atoms with Crippen LogP contribution >= 0.6 is 0 Å². The molecule has 0 aliphatic rings. The molecular formula is C35H27N. The molecule has 0 radical (unpaired) electrons. The molecule has 0 aliphatic heterocycles.